The first kappa shape index (κ1) is 46.5. The van der Waals surface area contributed by atoms with Crippen molar-refractivity contribution in [3.63, 3.8) is 0 Å². The number of benzene rings is 4. The first-order chi connectivity index (χ1) is 28.7. The van der Waals surface area contributed by atoms with Gasteiger partial charge in [0.05, 0.1) is 31.0 Å². The second-order valence-corrected chi connectivity index (χ2v) is 18.1. The SMILES string of the molecule is C=C(CC(/C=C/C[C@@H](O)[C@H](/C=C/[C@@H]1CC(C)=CCO1)OP)OP)C[C@H](C)C[C@@H]1CC=C[C@@H](c2ccc(O)cc2)O1.c1ccc(P(c2ccccc2)c2ccccc2)cc1. The second kappa shape index (κ2) is 25.3. The third kappa shape index (κ3) is 15.8. The molecule has 0 amide bonds. The Morgan fingerprint density at radius 3 is 2.03 bits per heavy atom. The van der Waals surface area contributed by atoms with E-state index in [4.69, 9.17) is 18.5 Å². The molecule has 0 radical (unpaired) electrons. The van der Waals surface area contributed by atoms with Crippen LogP contribution in [0.2, 0.25) is 0 Å². The van der Waals surface area contributed by atoms with Gasteiger partial charge >= 0.3 is 0 Å². The first-order valence-corrected chi connectivity index (χ1v) is 22.7. The number of phenolic OH excluding ortho intramolecular Hbond substituents is 1. The number of ether oxygens (including phenoxy) is 2. The number of hydrogen-bond acceptors (Lipinski definition) is 6. The van der Waals surface area contributed by atoms with Gasteiger partial charge in [0.1, 0.15) is 18.0 Å². The fraction of sp³-hybridized carbons (Fsp3) is 0.320. The van der Waals surface area contributed by atoms with Gasteiger partial charge in [-0.3, -0.25) is 0 Å². The maximum Gasteiger partial charge on any atom is 0.115 e. The summed E-state index contributed by atoms with van der Waals surface area (Å²) in [6, 6.07) is 39.5. The molecule has 2 N–H and O–H groups in total. The van der Waals surface area contributed by atoms with Crippen LogP contribution in [-0.4, -0.2) is 47.3 Å². The number of aliphatic hydroxyl groups is 1. The normalized spacial score (nSPS) is 20.1. The molecule has 4 aromatic carbocycles. The molecule has 0 saturated carbocycles. The van der Waals surface area contributed by atoms with E-state index < -0.39 is 20.1 Å². The molecule has 0 spiro atoms. The molecule has 6 nitrogen and oxygen atoms in total. The Morgan fingerprint density at radius 2 is 1.47 bits per heavy atom. The summed E-state index contributed by atoms with van der Waals surface area (Å²) in [4.78, 5) is 0. The molecule has 0 aliphatic carbocycles. The zero-order valence-electron chi connectivity index (χ0n) is 34.3. The summed E-state index contributed by atoms with van der Waals surface area (Å²) in [6.07, 6.45) is 17.7. The highest BCUT2D eigenvalue weighted by Crippen LogP contribution is 2.33. The summed E-state index contributed by atoms with van der Waals surface area (Å²) < 4.78 is 23.1. The van der Waals surface area contributed by atoms with Crippen LogP contribution in [0, 0.1) is 5.92 Å². The lowest BCUT2D eigenvalue weighted by molar-refractivity contribution is -0.00719. The summed E-state index contributed by atoms with van der Waals surface area (Å²) in [7, 11) is 4.15. The molecule has 0 aromatic heterocycles. The maximum absolute atomic E-state index is 10.7. The van der Waals surface area contributed by atoms with E-state index in [0.29, 0.717) is 25.4 Å². The average molecular weight is 851 g/mol. The molecule has 0 saturated heterocycles. The van der Waals surface area contributed by atoms with Gasteiger partial charge in [0.15, 0.2) is 0 Å². The fourth-order valence-corrected chi connectivity index (χ4v) is 10.1. The molecular formula is C50H61O6P3. The molecule has 0 bridgehead atoms. The molecule has 6 rings (SSSR count). The van der Waals surface area contributed by atoms with Gasteiger partial charge < -0.3 is 28.7 Å². The quantitative estimate of drug-likeness (QED) is 0.0767. The second-order valence-electron chi connectivity index (χ2n) is 15.3. The Morgan fingerprint density at radius 1 is 0.864 bits per heavy atom. The fourth-order valence-electron chi connectivity index (χ4n) is 7.30. The Balaban J connectivity index is 0.000000287. The monoisotopic (exact) mass is 850 g/mol. The van der Waals surface area contributed by atoms with Crippen LogP contribution in [0.5, 0.6) is 5.75 Å². The summed E-state index contributed by atoms with van der Waals surface area (Å²) in [5.41, 5.74) is 3.48. The van der Waals surface area contributed by atoms with Crippen molar-refractivity contribution >= 4 is 42.8 Å². The molecule has 59 heavy (non-hydrogen) atoms. The van der Waals surface area contributed by atoms with Crippen LogP contribution in [0.3, 0.4) is 0 Å². The maximum atomic E-state index is 10.7. The van der Waals surface area contributed by atoms with Gasteiger partial charge in [-0.2, -0.15) is 0 Å². The van der Waals surface area contributed by atoms with Crippen LogP contribution in [0.25, 0.3) is 0 Å². The van der Waals surface area contributed by atoms with Crippen molar-refractivity contribution in [3.8, 4) is 5.75 Å². The summed E-state index contributed by atoms with van der Waals surface area (Å²) in [5.74, 6) is 0.675. The Bertz CT molecular complexity index is 1840. The van der Waals surface area contributed by atoms with Gasteiger partial charge in [0.25, 0.3) is 0 Å². The molecule has 3 unspecified atom stereocenters. The van der Waals surface area contributed by atoms with Gasteiger partial charge in [-0.05, 0) is 92.9 Å². The molecule has 4 aromatic rings. The molecule has 9 heteroatoms. The molecule has 2 aliphatic heterocycles. The molecule has 312 valence electrons. The number of phenols is 1. The van der Waals surface area contributed by atoms with Crippen molar-refractivity contribution in [2.75, 3.05) is 6.61 Å². The van der Waals surface area contributed by atoms with Crippen LogP contribution < -0.4 is 15.9 Å². The Hall–Kier alpha value is -3.53. The van der Waals surface area contributed by atoms with Gasteiger partial charge in [-0.1, -0.05) is 170 Å². The summed E-state index contributed by atoms with van der Waals surface area (Å²) in [5, 5.41) is 24.4. The number of hydrogen-bond donors (Lipinski definition) is 2. The predicted molar refractivity (Wildman–Crippen MR) is 253 cm³/mol. The minimum absolute atomic E-state index is 0.0144. The zero-order chi connectivity index (χ0) is 41.8. The Kier molecular flexibility index (Phi) is 19.9. The van der Waals surface area contributed by atoms with Crippen molar-refractivity contribution in [1.29, 1.82) is 0 Å². The van der Waals surface area contributed by atoms with Crippen LogP contribution in [-0.2, 0) is 18.5 Å². The van der Waals surface area contributed by atoms with Gasteiger partial charge in [0.2, 0.25) is 0 Å². The lowest BCUT2D eigenvalue weighted by Crippen LogP contribution is -2.25. The first-order valence-electron chi connectivity index (χ1n) is 20.5. The minimum atomic E-state index is -0.687. The third-order valence-corrected chi connectivity index (χ3v) is 13.4. The van der Waals surface area contributed by atoms with Crippen LogP contribution in [0.15, 0.2) is 176 Å². The highest BCUT2D eigenvalue weighted by Gasteiger charge is 2.23. The van der Waals surface area contributed by atoms with E-state index in [0.717, 1.165) is 36.8 Å². The largest absolute Gasteiger partial charge is 0.508 e. The van der Waals surface area contributed by atoms with Gasteiger partial charge in [-0.15, -0.1) is 0 Å². The van der Waals surface area contributed by atoms with E-state index in [2.05, 4.69) is 149 Å². The lowest BCUT2D eigenvalue weighted by Gasteiger charge is -2.28. The third-order valence-electron chi connectivity index (χ3n) is 10.3. The number of rotatable bonds is 18. The van der Waals surface area contributed by atoms with E-state index in [-0.39, 0.29) is 30.2 Å². The van der Waals surface area contributed by atoms with E-state index in [1.165, 1.54) is 21.5 Å². The number of aliphatic hydroxyl groups excluding tert-OH is 1. The van der Waals surface area contributed by atoms with Crippen LogP contribution in [0.4, 0.5) is 0 Å². The standard InChI is InChI=1S/C32H46O6P2.C18H15P/c1-22-16-17-35-27(19-22)14-15-32(38-40)30(34)8-4-7-29(37-39)21-24(3)18-23(2)20-28-6-5-9-31(36-28)25-10-12-26(33)13-11-25;1-4-10-16(11-5-1)19(17-12-6-2-7-13-17)18-14-8-3-9-15-18/h4-5,7,9-16,23,27-34H,3,6,8,17-21,39-40H2,1-2H3;1-15H/b7-4+,15-14+;/t23-,27+,28-,29?,30+,31-,32-;/m0./s1. The highest BCUT2D eigenvalue weighted by atomic mass is 31.1. The summed E-state index contributed by atoms with van der Waals surface area (Å²) in [6.45, 7) is 9.26. The zero-order valence-corrected chi connectivity index (χ0v) is 37.5. The molecular weight excluding hydrogens is 789 g/mol. The molecule has 2 heterocycles. The minimum Gasteiger partial charge on any atom is -0.508 e. The Labute approximate surface area is 358 Å². The van der Waals surface area contributed by atoms with Gasteiger partial charge in [0, 0.05) is 18.9 Å². The van der Waals surface area contributed by atoms with E-state index in [1.54, 1.807) is 12.1 Å². The topological polar surface area (TPSA) is 77.4 Å². The van der Waals surface area contributed by atoms with E-state index in [1.807, 2.05) is 36.4 Å². The number of aromatic hydroxyl groups is 1. The van der Waals surface area contributed by atoms with Crippen molar-refractivity contribution in [1.82, 2.24) is 0 Å². The molecule has 0 fully saturated rings. The van der Waals surface area contributed by atoms with Crippen molar-refractivity contribution < 1.29 is 28.7 Å². The molecule has 9 atom stereocenters. The lowest BCUT2D eigenvalue weighted by atomic mass is 9.91. The predicted octanol–water partition coefficient (Wildman–Crippen LogP) is 10.5. The van der Waals surface area contributed by atoms with Crippen molar-refractivity contribution in [2.45, 2.75) is 89.0 Å². The van der Waals surface area contributed by atoms with Crippen molar-refractivity contribution in [2.24, 2.45) is 5.92 Å². The van der Waals surface area contributed by atoms with E-state index >= 15 is 0 Å². The van der Waals surface area contributed by atoms with Crippen molar-refractivity contribution in [3.05, 3.63) is 181 Å². The smallest absolute Gasteiger partial charge is 0.115 e. The van der Waals surface area contributed by atoms with Crippen LogP contribution in [0.1, 0.15) is 64.0 Å². The average Bonchev–Trinajstić information content (AvgIpc) is 3.25. The molecule has 2 aliphatic rings. The van der Waals surface area contributed by atoms with E-state index in [9.17, 15) is 10.2 Å². The van der Waals surface area contributed by atoms with Gasteiger partial charge in [-0.25, -0.2) is 0 Å². The highest BCUT2D eigenvalue weighted by molar-refractivity contribution is 7.79. The van der Waals surface area contributed by atoms with Crippen LogP contribution >= 0.6 is 26.9 Å². The summed E-state index contributed by atoms with van der Waals surface area (Å²) >= 11 is 0.